The molecular formula is C20H24F3N3O3. The first-order valence-electron chi connectivity index (χ1n) is 9.19. The molecular weight excluding hydrogens is 387 g/mol. The summed E-state index contributed by atoms with van der Waals surface area (Å²) < 4.78 is 46.6. The number of anilines is 1. The van der Waals surface area contributed by atoms with Crippen molar-refractivity contribution in [1.29, 1.82) is 0 Å². The Labute approximate surface area is 167 Å². The second kappa shape index (κ2) is 9.11. The number of benzene rings is 1. The predicted octanol–water partition coefficient (Wildman–Crippen LogP) is 5.16. The van der Waals surface area contributed by atoms with Crippen molar-refractivity contribution in [2.24, 2.45) is 0 Å². The molecule has 0 bridgehead atoms. The lowest BCUT2D eigenvalue weighted by Crippen LogP contribution is -2.21. The molecule has 6 nitrogen and oxygen atoms in total. The number of halogens is 3. The largest absolute Gasteiger partial charge is 0.573 e. The van der Waals surface area contributed by atoms with Crippen molar-refractivity contribution in [2.45, 2.75) is 52.9 Å². The molecule has 0 amide bonds. The number of methoxy groups -OCH3 is 1. The first-order chi connectivity index (χ1) is 13.6. The fraction of sp³-hybridized carbons (Fsp3) is 0.450. The number of hydrogen-bond acceptors (Lipinski definition) is 6. The molecule has 0 radical (unpaired) electrons. The van der Waals surface area contributed by atoms with Crippen molar-refractivity contribution in [3.63, 3.8) is 0 Å². The minimum atomic E-state index is -4.81. The summed E-state index contributed by atoms with van der Waals surface area (Å²) in [5.74, 6) is -0.173. The summed E-state index contributed by atoms with van der Waals surface area (Å²) in [4.78, 5) is 21.1. The molecule has 0 fully saturated rings. The van der Waals surface area contributed by atoms with Crippen LogP contribution in [0.5, 0.6) is 11.5 Å². The molecule has 0 saturated heterocycles. The Morgan fingerprint density at radius 2 is 1.86 bits per heavy atom. The van der Waals surface area contributed by atoms with Gasteiger partial charge in [0.1, 0.15) is 17.2 Å². The van der Waals surface area contributed by atoms with Crippen LogP contribution in [0.25, 0.3) is 11.3 Å². The van der Waals surface area contributed by atoms with Gasteiger partial charge in [-0.25, -0.2) is 9.97 Å². The van der Waals surface area contributed by atoms with E-state index >= 15 is 0 Å². The topological polar surface area (TPSA) is 73.3 Å². The molecule has 9 heteroatoms. The van der Waals surface area contributed by atoms with Gasteiger partial charge in [-0.15, -0.1) is 13.2 Å². The number of nitrogens with zero attached hydrogens (tertiary/aromatic N) is 2. The maximum absolute atomic E-state index is 12.5. The van der Waals surface area contributed by atoms with Gasteiger partial charge < -0.3 is 14.8 Å². The van der Waals surface area contributed by atoms with E-state index in [1.165, 1.54) is 20.1 Å². The van der Waals surface area contributed by atoms with Gasteiger partial charge in [-0.3, -0.25) is 4.79 Å². The van der Waals surface area contributed by atoms with Crippen LogP contribution < -0.4 is 14.8 Å². The molecule has 0 saturated carbocycles. The fourth-order valence-corrected chi connectivity index (χ4v) is 2.87. The van der Waals surface area contributed by atoms with Crippen molar-refractivity contribution >= 4 is 11.6 Å². The van der Waals surface area contributed by atoms with Gasteiger partial charge in [-0.05, 0) is 31.9 Å². The molecule has 0 spiro atoms. The van der Waals surface area contributed by atoms with Gasteiger partial charge in [0.15, 0.2) is 11.6 Å². The van der Waals surface area contributed by atoms with E-state index in [1.807, 2.05) is 13.8 Å². The Hall–Kier alpha value is -2.84. The van der Waals surface area contributed by atoms with Gasteiger partial charge in [0, 0.05) is 24.6 Å². The molecule has 0 atom stereocenters. The van der Waals surface area contributed by atoms with E-state index in [1.54, 1.807) is 6.92 Å². The van der Waals surface area contributed by atoms with Crippen LogP contribution in [0.3, 0.4) is 0 Å². The molecule has 0 aliphatic carbocycles. The van der Waals surface area contributed by atoms with Crippen LogP contribution in [0, 0.1) is 6.92 Å². The van der Waals surface area contributed by atoms with Crippen LogP contribution in [-0.4, -0.2) is 35.3 Å². The molecule has 0 aliphatic rings. The number of carbonyl (C=O) groups excluding carboxylic acids is 1. The molecule has 0 aliphatic heterocycles. The van der Waals surface area contributed by atoms with Gasteiger partial charge in [-0.2, -0.15) is 0 Å². The van der Waals surface area contributed by atoms with Crippen molar-refractivity contribution in [2.75, 3.05) is 12.4 Å². The number of aryl methyl sites for hydroxylation is 1. The highest BCUT2D eigenvalue weighted by Crippen LogP contribution is 2.36. The van der Waals surface area contributed by atoms with Crippen molar-refractivity contribution < 1.29 is 27.4 Å². The second-order valence-electron chi connectivity index (χ2n) is 6.48. The Kier molecular flexibility index (Phi) is 7.05. The van der Waals surface area contributed by atoms with Crippen molar-refractivity contribution in [1.82, 2.24) is 9.97 Å². The molecule has 2 rings (SSSR count). The molecule has 1 N–H and O–H groups in total. The Morgan fingerprint density at radius 1 is 1.21 bits per heavy atom. The number of ketones is 1. The normalized spacial score (nSPS) is 11.5. The summed E-state index contributed by atoms with van der Waals surface area (Å²) in [5.41, 5.74) is 1.42. The van der Waals surface area contributed by atoms with Crippen LogP contribution in [0.1, 0.15) is 49.8 Å². The van der Waals surface area contributed by atoms with Crippen LogP contribution in [0.15, 0.2) is 18.2 Å². The SMILES string of the molecule is CCC(CC)Nc1nc(C)c(-c2ccc(OC(F)(F)F)cc2OC)nc1C(C)=O. The lowest BCUT2D eigenvalue weighted by atomic mass is 10.1. The summed E-state index contributed by atoms with van der Waals surface area (Å²) in [7, 11) is 1.33. The number of nitrogens with one attached hydrogen (secondary N) is 1. The lowest BCUT2D eigenvalue weighted by molar-refractivity contribution is -0.274. The minimum absolute atomic E-state index is 0.124. The van der Waals surface area contributed by atoms with Gasteiger partial charge in [-0.1, -0.05) is 13.8 Å². The maximum Gasteiger partial charge on any atom is 0.573 e. The highest BCUT2D eigenvalue weighted by Gasteiger charge is 2.31. The van der Waals surface area contributed by atoms with Crippen LogP contribution in [0.2, 0.25) is 0 Å². The minimum Gasteiger partial charge on any atom is -0.496 e. The summed E-state index contributed by atoms with van der Waals surface area (Å²) >= 11 is 0. The monoisotopic (exact) mass is 411 g/mol. The van der Waals surface area contributed by atoms with E-state index in [-0.39, 0.29) is 23.3 Å². The van der Waals surface area contributed by atoms with Gasteiger partial charge in [0.25, 0.3) is 0 Å². The van der Waals surface area contributed by atoms with E-state index in [9.17, 15) is 18.0 Å². The van der Waals surface area contributed by atoms with E-state index in [2.05, 4.69) is 20.0 Å². The van der Waals surface area contributed by atoms with E-state index in [0.29, 0.717) is 22.8 Å². The molecule has 2 aromatic rings. The quantitative estimate of drug-likeness (QED) is 0.605. The number of hydrogen-bond donors (Lipinski definition) is 1. The van der Waals surface area contributed by atoms with Crippen LogP contribution in [-0.2, 0) is 0 Å². The van der Waals surface area contributed by atoms with E-state index < -0.39 is 12.1 Å². The average Bonchev–Trinajstić information content (AvgIpc) is 2.64. The molecule has 1 heterocycles. The predicted molar refractivity (Wildman–Crippen MR) is 103 cm³/mol. The molecule has 1 aromatic heterocycles. The summed E-state index contributed by atoms with van der Waals surface area (Å²) in [6.07, 6.45) is -3.11. The number of carbonyl (C=O) groups is 1. The van der Waals surface area contributed by atoms with Gasteiger partial charge in [0.2, 0.25) is 0 Å². The zero-order chi connectivity index (χ0) is 21.8. The molecule has 1 aromatic carbocycles. The number of rotatable bonds is 8. The zero-order valence-corrected chi connectivity index (χ0v) is 17.0. The summed E-state index contributed by atoms with van der Waals surface area (Å²) in [6, 6.07) is 3.82. The van der Waals surface area contributed by atoms with E-state index in [4.69, 9.17) is 4.74 Å². The van der Waals surface area contributed by atoms with E-state index in [0.717, 1.165) is 25.0 Å². The number of ether oxygens (including phenoxy) is 2. The van der Waals surface area contributed by atoms with Crippen LogP contribution in [0.4, 0.5) is 19.0 Å². The zero-order valence-electron chi connectivity index (χ0n) is 17.0. The highest BCUT2D eigenvalue weighted by molar-refractivity contribution is 5.97. The van der Waals surface area contributed by atoms with Crippen LogP contribution >= 0.6 is 0 Å². The Balaban J connectivity index is 2.54. The average molecular weight is 411 g/mol. The standard InChI is InChI=1S/C20H24F3N3O3/c1-6-13(7-2)25-19-18(12(4)27)26-17(11(3)24-19)15-9-8-14(10-16(15)28-5)29-20(21,22)23/h8-10,13H,6-7H2,1-5H3,(H,24,25). The number of Topliss-reactive ketones (excluding diaryl/α,β-unsaturated/α-hetero) is 1. The highest BCUT2D eigenvalue weighted by atomic mass is 19.4. The fourth-order valence-electron chi connectivity index (χ4n) is 2.87. The molecule has 29 heavy (non-hydrogen) atoms. The summed E-state index contributed by atoms with van der Waals surface area (Å²) in [5, 5.41) is 3.24. The van der Waals surface area contributed by atoms with Crippen molar-refractivity contribution in [3.05, 3.63) is 29.6 Å². The number of alkyl halides is 3. The first-order valence-corrected chi connectivity index (χ1v) is 9.19. The first kappa shape index (κ1) is 22.4. The van der Waals surface area contributed by atoms with Gasteiger partial charge in [0.05, 0.1) is 18.5 Å². The molecule has 0 unspecified atom stereocenters. The lowest BCUT2D eigenvalue weighted by Gasteiger charge is -2.19. The Bertz CT molecular complexity index is 881. The smallest absolute Gasteiger partial charge is 0.496 e. The van der Waals surface area contributed by atoms with Crippen molar-refractivity contribution in [3.8, 4) is 22.8 Å². The third kappa shape index (κ3) is 5.58. The number of aromatic nitrogens is 2. The second-order valence-corrected chi connectivity index (χ2v) is 6.48. The Morgan fingerprint density at radius 3 is 2.38 bits per heavy atom. The van der Waals surface area contributed by atoms with Gasteiger partial charge >= 0.3 is 6.36 Å². The summed E-state index contributed by atoms with van der Waals surface area (Å²) in [6.45, 7) is 7.15. The maximum atomic E-state index is 12.5. The third-order valence-corrected chi connectivity index (χ3v) is 4.39. The molecule has 158 valence electrons. The third-order valence-electron chi connectivity index (χ3n) is 4.39.